The Balaban J connectivity index is 1.93. The zero-order valence-corrected chi connectivity index (χ0v) is 7.03. The fraction of sp³-hybridized carbons (Fsp3) is 0.800. The molecule has 0 aromatic rings. The van der Waals surface area contributed by atoms with E-state index >= 15 is 0 Å². The number of allylic oxidation sites excluding steroid dienone is 2. The Bertz CT molecular complexity index is 172. The fourth-order valence-corrected chi connectivity index (χ4v) is 2.60. The molecule has 2 aliphatic rings. The maximum atomic E-state index is 9.22. The Morgan fingerprint density at radius 2 is 2.27 bits per heavy atom. The molecule has 0 aromatic carbocycles. The standard InChI is InChI=1S/C10H16O/c1-7(11)4-10-6-8-2-3-9(10)5-8/h2-3,7-11H,4-6H2,1H3. The zero-order chi connectivity index (χ0) is 7.84. The Kier molecular flexibility index (Phi) is 1.76. The molecule has 0 aliphatic heterocycles. The van der Waals surface area contributed by atoms with Crippen molar-refractivity contribution in [3.63, 3.8) is 0 Å². The molecule has 1 N–H and O–H groups in total. The monoisotopic (exact) mass is 152 g/mol. The van der Waals surface area contributed by atoms with Crippen molar-refractivity contribution in [1.82, 2.24) is 0 Å². The summed E-state index contributed by atoms with van der Waals surface area (Å²) in [6.45, 7) is 1.90. The summed E-state index contributed by atoms with van der Waals surface area (Å²) in [7, 11) is 0. The lowest BCUT2D eigenvalue weighted by molar-refractivity contribution is 0.152. The molecule has 1 fully saturated rings. The van der Waals surface area contributed by atoms with Crippen molar-refractivity contribution in [2.75, 3.05) is 0 Å². The summed E-state index contributed by atoms with van der Waals surface area (Å²) in [4.78, 5) is 0. The molecule has 4 atom stereocenters. The summed E-state index contributed by atoms with van der Waals surface area (Å²) in [5.41, 5.74) is 0. The predicted octanol–water partition coefficient (Wildman–Crippen LogP) is 1.97. The van der Waals surface area contributed by atoms with Gasteiger partial charge in [0.2, 0.25) is 0 Å². The van der Waals surface area contributed by atoms with Gasteiger partial charge >= 0.3 is 0 Å². The molecule has 1 heteroatoms. The van der Waals surface area contributed by atoms with Crippen LogP contribution in [0.3, 0.4) is 0 Å². The van der Waals surface area contributed by atoms with Crippen molar-refractivity contribution in [2.24, 2.45) is 17.8 Å². The highest BCUT2D eigenvalue weighted by Gasteiger charge is 2.35. The van der Waals surface area contributed by atoms with Gasteiger partial charge in [-0.15, -0.1) is 0 Å². The summed E-state index contributed by atoms with van der Waals surface area (Å²) in [6, 6.07) is 0. The van der Waals surface area contributed by atoms with Gasteiger partial charge in [-0.2, -0.15) is 0 Å². The lowest BCUT2D eigenvalue weighted by Gasteiger charge is -2.18. The van der Waals surface area contributed by atoms with E-state index in [1.165, 1.54) is 12.8 Å². The van der Waals surface area contributed by atoms with E-state index in [4.69, 9.17) is 0 Å². The van der Waals surface area contributed by atoms with Crippen LogP contribution in [0.1, 0.15) is 26.2 Å². The van der Waals surface area contributed by atoms with Crippen molar-refractivity contribution in [3.8, 4) is 0 Å². The van der Waals surface area contributed by atoms with E-state index in [1.54, 1.807) is 0 Å². The molecule has 0 radical (unpaired) electrons. The summed E-state index contributed by atoms with van der Waals surface area (Å²) < 4.78 is 0. The lowest BCUT2D eigenvalue weighted by Crippen LogP contribution is -2.13. The van der Waals surface area contributed by atoms with Gasteiger partial charge in [0.15, 0.2) is 0 Å². The highest BCUT2D eigenvalue weighted by Crippen LogP contribution is 2.45. The van der Waals surface area contributed by atoms with Crippen molar-refractivity contribution in [3.05, 3.63) is 12.2 Å². The molecule has 0 saturated heterocycles. The largest absolute Gasteiger partial charge is 0.393 e. The quantitative estimate of drug-likeness (QED) is 0.600. The van der Waals surface area contributed by atoms with E-state index in [-0.39, 0.29) is 6.10 Å². The lowest BCUT2D eigenvalue weighted by atomic mass is 9.89. The first kappa shape index (κ1) is 7.35. The molecular formula is C10H16O. The van der Waals surface area contributed by atoms with Crippen LogP contribution in [0.15, 0.2) is 12.2 Å². The molecule has 2 aliphatic carbocycles. The summed E-state index contributed by atoms with van der Waals surface area (Å²) in [5.74, 6) is 2.43. The number of fused-ring (bicyclic) bond motifs is 2. The Morgan fingerprint density at radius 1 is 1.45 bits per heavy atom. The predicted molar refractivity (Wildman–Crippen MR) is 45.1 cm³/mol. The average molecular weight is 152 g/mol. The van der Waals surface area contributed by atoms with Crippen LogP contribution in [0.4, 0.5) is 0 Å². The van der Waals surface area contributed by atoms with Gasteiger partial charge < -0.3 is 5.11 Å². The molecule has 4 unspecified atom stereocenters. The minimum atomic E-state index is -0.104. The summed E-state index contributed by atoms with van der Waals surface area (Å²) in [5, 5.41) is 9.22. The third-order valence-electron chi connectivity index (χ3n) is 3.06. The molecule has 1 saturated carbocycles. The third-order valence-corrected chi connectivity index (χ3v) is 3.06. The van der Waals surface area contributed by atoms with Crippen LogP contribution in [0.25, 0.3) is 0 Å². The van der Waals surface area contributed by atoms with Crippen molar-refractivity contribution in [2.45, 2.75) is 32.3 Å². The molecule has 0 amide bonds. The van der Waals surface area contributed by atoms with Crippen LogP contribution in [0, 0.1) is 17.8 Å². The number of hydrogen-bond acceptors (Lipinski definition) is 1. The van der Waals surface area contributed by atoms with Gasteiger partial charge in [0.05, 0.1) is 6.10 Å². The second-order valence-corrected chi connectivity index (χ2v) is 4.13. The van der Waals surface area contributed by atoms with E-state index in [9.17, 15) is 5.11 Å². The normalized spacial score (nSPS) is 43.3. The second kappa shape index (κ2) is 2.63. The van der Waals surface area contributed by atoms with Gasteiger partial charge in [0.1, 0.15) is 0 Å². The fourth-order valence-electron chi connectivity index (χ4n) is 2.60. The minimum absolute atomic E-state index is 0.104. The highest BCUT2D eigenvalue weighted by atomic mass is 16.3. The molecule has 62 valence electrons. The molecule has 1 nitrogen and oxygen atoms in total. The SMILES string of the molecule is CC(O)CC1CC2C=CC1C2. The van der Waals surface area contributed by atoms with Crippen molar-refractivity contribution in [1.29, 1.82) is 0 Å². The molecule has 11 heavy (non-hydrogen) atoms. The van der Waals surface area contributed by atoms with Crippen LogP contribution < -0.4 is 0 Å². The highest BCUT2D eigenvalue weighted by molar-refractivity contribution is 5.10. The van der Waals surface area contributed by atoms with Gasteiger partial charge in [-0.1, -0.05) is 12.2 Å². The topological polar surface area (TPSA) is 20.2 Å². The average Bonchev–Trinajstić information content (AvgIpc) is 2.45. The Morgan fingerprint density at radius 3 is 2.73 bits per heavy atom. The number of rotatable bonds is 2. The van der Waals surface area contributed by atoms with E-state index in [0.29, 0.717) is 0 Å². The van der Waals surface area contributed by atoms with E-state index in [0.717, 1.165) is 24.2 Å². The zero-order valence-electron chi connectivity index (χ0n) is 7.03. The van der Waals surface area contributed by atoms with Crippen LogP contribution in [0.5, 0.6) is 0 Å². The minimum Gasteiger partial charge on any atom is -0.393 e. The number of hydrogen-bond donors (Lipinski definition) is 1. The van der Waals surface area contributed by atoms with E-state index < -0.39 is 0 Å². The first-order chi connectivity index (χ1) is 5.25. The number of aliphatic hydroxyl groups is 1. The molecule has 2 rings (SSSR count). The van der Waals surface area contributed by atoms with E-state index in [2.05, 4.69) is 12.2 Å². The third kappa shape index (κ3) is 1.34. The van der Waals surface area contributed by atoms with Crippen LogP contribution in [-0.2, 0) is 0 Å². The van der Waals surface area contributed by atoms with Crippen LogP contribution in [0.2, 0.25) is 0 Å². The molecule has 2 bridgehead atoms. The van der Waals surface area contributed by atoms with Crippen molar-refractivity contribution < 1.29 is 5.11 Å². The smallest absolute Gasteiger partial charge is 0.0515 e. The molecule has 0 aromatic heterocycles. The Labute approximate surface area is 68.1 Å². The van der Waals surface area contributed by atoms with Gasteiger partial charge in [-0.05, 0) is 43.9 Å². The summed E-state index contributed by atoms with van der Waals surface area (Å²) in [6.07, 6.45) is 8.28. The number of aliphatic hydroxyl groups excluding tert-OH is 1. The molecular weight excluding hydrogens is 136 g/mol. The van der Waals surface area contributed by atoms with Gasteiger partial charge in [-0.3, -0.25) is 0 Å². The van der Waals surface area contributed by atoms with Gasteiger partial charge in [0, 0.05) is 0 Å². The van der Waals surface area contributed by atoms with Crippen LogP contribution >= 0.6 is 0 Å². The first-order valence-electron chi connectivity index (χ1n) is 4.62. The second-order valence-electron chi connectivity index (χ2n) is 4.13. The van der Waals surface area contributed by atoms with Crippen LogP contribution in [-0.4, -0.2) is 11.2 Å². The van der Waals surface area contributed by atoms with Crippen molar-refractivity contribution >= 4 is 0 Å². The van der Waals surface area contributed by atoms with E-state index in [1.807, 2.05) is 6.92 Å². The maximum Gasteiger partial charge on any atom is 0.0515 e. The van der Waals surface area contributed by atoms with Gasteiger partial charge in [0.25, 0.3) is 0 Å². The summed E-state index contributed by atoms with van der Waals surface area (Å²) >= 11 is 0. The van der Waals surface area contributed by atoms with Gasteiger partial charge in [-0.25, -0.2) is 0 Å². The molecule has 0 spiro atoms. The Hall–Kier alpha value is -0.300. The first-order valence-corrected chi connectivity index (χ1v) is 4.62. The maximum absolute atomic E-state index is 9.22. The molecule has 0 heterocycles.